The molecule has 0 radical (unpaired) electrons. The number of aliphatic hydroxyl groups is 1. The summed E-state index contributed by atoms with van der Waals surface area (Å²) in [6, 6.07) is 5.69. The van der Waals surface area contributed by atoms with Gasteiger partial charge in [0.2, 0.25) is 0 Å². The van der Waals surface area contributed by atoms with E-state index in [-0.39, 0.29) is 5.91 Å². The predicted octanol–water partition coefficient (Wildman–Crippen LogP) is 2.74. The van der Waals surface area contributed by atoms with E-state index >= 15 is 0 Å². The average Bonchev–Trinajstić information content (AvgIpc) is 2.25. The van der Waals surface area contributed by atoms with Crippen LogP contribution in [-0.2, 0) is 0 Å². The minimum Gasteiger partial charge on any atom is -0.386 e. The zero-order valence-corrected chi connectivity index (χ0v) is 12.3. The van der Waals surface area contributed by atoms with Crippen LogP contribution in [0.4, 0.5) is 0 Å². The molecule has 1 aromatic rings. The van der Waals surface area contributed by atoms with Gasteiger partial charge >= 0.3 is 0 Å². The Morgan fingerprint density at radius 2 is 2.17 bits per heavy atom. The van der Waals surface area contributed by atoms with Gasteiger partial charge in [-0.15, -0.1) is 0 Å². The number of amides is 1. The van der Waals surface area contributed by atoms with Gasteiger partial charge in [-0.1, -0.05) is 19.4 Å². The third-order valence-corrected chi connectivity index (χ3v) is 3.98. The summed E-state index contributed by atoms with van der Waals surface area (Å²) in [4.78, 5) is 13.9. The number of nitrogens with zero attached hydrogens (tertiary/aromatic N) is 1. The third kappa shape index (κ3) is 2.59. The molecule has 0 aliphatic carbocycles. The summed E-state index contributed by atoms with van der Waals surface area (Å²) in [5.74, 6) is -0.0114. The summed E-state index contributed by atoms with van der Waals surface area (Å²) in [6.07, 6.45) is 1.69. The second kappa shape index (κ2) is 5.02. The van der Waals surface area contributed by atoms with E-state index < -0.39 is 5.60 Å². The first-order valence-corrected chi connectivity index (χ1v) is 7.02. The molecule has 18 heavy (non-hydrogen) atoms. The van der Waals surface area contributed by atoms with Crippen molar-refractivity contribution in [2.24, 2.45) is 0 Å². The molecule has 1 aromatic carbocycles. The van der Waals surface area contributed by atoms with Crippen molar-refractivity contribution in [3.63, 3.8) is 0 Å². The van der Waals surface area contributed by atoms with E-state index in [0.717, 1.165) is 22.9 Å². The summed E-state index contributed by atoms with van der Waals surface area (Å²) in [5.41, 5.74) is 1.12. The molecule has 1 aliphatic rings. The molecule has 0 saturated carbocycles. The highest BCUT2D eigenvalue weighted by molar-refractivity contribution is 9.10. The van der Waals surface area contributed by atoms with Gasteiger partial charge < -0.3 is 10.0 Å². The number of aryl methyl sites for hydroxylation is 1. The minimum atomic E-state index is -0.665. The predicted molar refractivity (Wildman–Crippen MR) is 74.6 cm³/mol. The van der Waals surface area contributed by atoms with Crippen LogP contribution in [0.25, 0.3) is 0 Å². The van der Waals surface area contributed by atoms with Crippen LogP contribution in [0, 0.1) is 6.92 Å². The van der Waals surface area contributed by atoms with Crippen LogP contribution >= 0.6 is 15.9 Å². The highest BCUT2D eigenvalue weighted by atomic mass is 79.9. The Morgan fingerprint density at radius 1 is 1.50 bits per heavy atom. The van der Waals surface area contributed by atoms with E-state index in [0.29, 0.717) is 18.7 Å². The standard InChI is InChI=1S/C14H18BrNO2/c1-3-6-14(18)8-16(9-14)13(17)11-5-4-10(2)7-12(11)15/h4-5,7,18H,3,6,8-9H2,1-2H3. The van der Waals surface area contributed by atoms with E-state index in [9.17, 15) is 9.90 Å². The lowest BCUT2D eigenvalue weighted by molar-refractivity contribution is -0.0860. The molecule has 1 aliphatic heterocycles. The third-order valence-electron chi connectivity index (χ3n) is 3.33. The molecule has 1 saturated heterocycles. The Kier molecular flexibility index (Phi) is 3.78. The number of β-amino-alcohol motifs (C(OH)–C–C–N with tert-alkyl or cyclic N) is 1. The molecule has 0 spiro atoms. The fourth-order valence-electron chi connectivity index (χ4n) is 2.40. The van der Waals surface area contributed by atoms with Gasteiger partial charge in [0.05, 0.1) is 24.3 Å². The number of halogens is 1. The van der Waals surface area contributed by atoms with Crippen LogP contribution < -0.4 is 0 Å². The quantitative estimate of drug-likeness (QED) is 0.932. The van der Waals surface area contributed by atoms with Crippen LogP contribution in [0.5, 0.6) is 0 Å². The lowest BCUT2D eigenvalue weighted by Gasteiger charge is -2.46. The summed E-state index contributed by atoms with van der Waals surface area (Å²) >= 11 is 3.42. The normalized spacial score (nSPS) is 17.4. The average molecular weight is 312 g/mol. The maximum absolute atomic E-state index is 12.2. The van der Waals surface area contributed by atoms with Crippen molar-refractivity contribution in [2.45, 2.75) is 32.3 Å². The molecule has 2 rings (SSSR count). The maximum atomic E-state index is 12.2. The van der Waals surface area contributed by atoms with Gasteiger partial charge in [-0.2, -0.15) is 0 Å². The van der Waals surface area contributed by atoms with Crippen molar-refractivity contribution in [3.8, 4) is 0 Å². The smallest absolute Gasteiger partial charge is 0.255 e. The number of hydrogen-bond acceptors (Lipinski definition) is 2. The van der Waals surface area contributed by atoms with Crippen molar-refractivity contribution in [2.75, 3.05) is 13.1 Å². The molecule has 0 atom stereocenters. The van der Waals surface area contributed by atoms with Crippen molar-refractivity contribution in [3.05, 3.63) is 33.8 Å². The molecule has 0 aromatic heterocycles. The first kappa shape index (κ1) is 13.6. The van der Waals surface area contributed by atoms with Crippen LogP contribution in [0.1, 0.15) is 35.7 Å². The molecule has 1 amide bonds. The van der Waals surface area contributed by atoms with Gasteiger partial charge in [0.25, 0.3) is 5.91 Å². The van der Waals surface area contributed by atoms with Gasteiger partial charge in [0.15, 0.2) is 0 Å². The van der Waals surface area contributed by atoms with Crippen LogP contribution in [0.2, 0.25) is 0 Å². The number of benzene rings is 1. The molecule has 0 unspecified atom stereocenters. The molecule has 1 N–H and O–H groups in total. The number of carbonyl (C=O) groups excluding carboxylic acids is 1. The van der Waals surface area contributed by atoms with Crippen molar-refractivity contribution < 1.29 is 9.90 Å². The molecule has 0 bridgehead atoms. The lowest BCUT2D eigenvalue weighted by atomic mass is 9.88. The number of likely N-dealkylation sites (tertiary alicyclic amines) is 1. The highest BCUT2D eigenvalue weighted by Crippen LogP contribution is 2.29. The van der Waals surface area contributed by atoms with Crippen LogP contribution in [-0.4, -0.2) is 34.6 Å². The summed E-state index contributed by atoms with van der Waals surface area (Å²) in [6.45, 7) is 4.92. The van der Waals surface area contributed by atoms with Gasteiger partial charge in [0, 0.05) is 4.47 Å². The zero-order valence-electron chi connectivity index (χ0n) is 10.7. The Bertz CT molecular complexity index is 467. The molecule has 3 nitrogen and oxygen atoms in total. The Labute approximate surface area is 116 Å². The second-order valence-electron chi connectivity index (χ2n) is 5.12. The summed E-state index contributed by atoms with van der Waals surface area (Å²) in [7, 11) is 0. The van der Waals surface area contributed by atoms with Gasteiger partial charge in [-0.05, 0) is 47.0 Å². The summed E-state index contributed by atoms with van der Waals surface area (Å²) in [5, 5.41) is 10.1. The Morgan fingerprint density at radius 3 is 2.72 bits per heavy atom. The number of rotatable bonds is 3. The van der Waals surface area contributed by atoms with Gasteiger partial charge in [-0.25, -0.2) is 0 Å². The SMILES string of the molecule is CCCC1(O)CN(C(=O)c2ccc(C)cc2Br)C1. The van der Waals surface area contributed by atoms with E-state index in [1.165, 1.54) is 0 Å². The minimum absolute atomic E-state index is 0.0114. The Balaban J connectivity index is 2.06. The van der Waals surface area contributed by atoms with Gasteiger partial charge in [-0.3, -0.25) is 4.79 Å². The fraction of sp³-hybridized carbons (Fsp3) is 0.500. The monoisotopic (exact) mass is 311 g/mol. The van der Waals surface area contributed by atoms with Crippen LogP contribution in [0.15, 0.2) is 22.7 Å². The molecule has 1 fully saturated rings. The summed E-state index contributed by atoms with van der Waals surface area (Å²) < 4.78 is 0.818. The molecule has 1 heterocycles. The number of carbonyl (C=O) groups is 1. The van der Waals surface area contributed by atoms with Gasteiger partial charge in [0.1, 0.15) is 0 Å². The molecule has 4 heteroatoms. The largest absolute Gasteiger partial charge is 0.386 e. The first-order valence-electron chi connectivity index (χ1n) is 6.23. The topological polar surface area (TPSA) is 40.5 Å². The first-order chi connectivity index (χ1) is 8.45. The van der Waals surface area contributed by atoms with E-state index in [1.807, 2.05) is 32.0 Å². The molecule has 98 valence electrons. The van der Waals surface area contributed by atoms with Crippen molar-refractivity contribution in [1.29, 1.82) is 0 Å². The second-order valence-corrected chi connectivity index (χ2v) is 5.97. The van der Waals surface area contributed by atoms with E-state index in [4.69, 9.17) is 0 Å². The highest BCUT2D eigenvalue weighted by Gasteiger charge is 2.43. The zero-order chi connectivity index (χ0) is 13.3. The Hall–Kier alpha value is -0.870. The lowest BCUT2D eigenvalue weighted by Crippen LogP contribution is -2.63. The molecular formula is C14H18BrNO2. The van der Waals surface area contributed by atoms with Crippen molar-refractivity contribution >= 4 is 21.8 Å². The van der Waals surface area contributed by atoms with Crippen LogP contribution in [0.3, 0.4) is 0 Å². The van der Waals surface area contributed by atoms with E-state index in [1.54, 1.807) is 4.90 Å². The molecular weight excluding hydrogens is 294 g/mol. The van der Waals surface area contributed by atoms with E-state index in [2.05, 4.69) is 15.9 Å². The van der Waals surface area contributed by atoms with Crippen molar-refractivity contribution in [1.82, 2.24) is 4.90 Å². The number of hydrogen-bond donors (Lipinski definition) is 1. The fourth-order valence-corrected chi connectivity index (χ4v) is 3.06. The maximum Gasteiger partial charge on any atom is 0.255 e.